The van der Waals surface area contributed by atoms with Gasteiger partial charge in [-0.1, -0.05) is 17.3 Å². The Morgan fingerprint density at radius 2 is 1.79 bits per heavy atom. The predicted molar refractivity (Wildman–Crippen MR) is 116 cm³/mol. The summed E-state index contributed by atoms with van der Waals surface area (Å²) < 4.78 is 24.5. The lowest BCUT2D eigenvalue weighted by molar-refractivity contribution is -0.384. The molecule has 2 amide bonds. The van der Waals surface area contributed by atoms with Crippen molar-refractivity contribution in [2.75, 3.05) is 13.2 Å². The number of imide groups is 1. The smallest absolute Gasteiger partial charge is 0.308 e. The molecule has 13 heteroatoms. The number of hydrogen-bond acceptors (Lipinski definition) is 9. The van der Waals surface area contributed by atoms with Gasteiger partial charge in [-0.2, -0.15) is 0 Å². The largest absolute Gasteiger partial charge is 0.351 e. The van der Waals surface area contributed by atoms with E-state index in [2.05, 4.69) is 10.3 Å². The Morgan fingerprint density at radius 3 is 2.45 bits per heavy atom. The number of non-ortho nitro benzene ring substituents is 1. The van der Waals surface area contributed by atoms with Gasteiger partial charge in [0.25, 0.3) is 17.5 Å². The van der Waals surface area contributed by atoms with Gasteiger partial charge in [0, 0.05) is 23.1 Å². The molecular formula is C20H20N5O7P. The highest BCUT2D eigenvalue weighted by Crippen LogP contribution is 2.49. The first-order valence-corrected chi connectivity index (χ1v) is 11.8. The second-order valence-electron chi connectivity index (χ2n) is 7.19. The number of nitro benzene ring substituents is 1. The number of amides is 2. The highest BCUT2D eigenvalue weighted by molar-refractivity contribution is 7.52. The number of rotatable bonds is 9. The summed E-state index contributed by atoms with van der Waals surface area (Å²) in [7, 11) is -3.43. The van der Waals surface area contributed by atoms with Crippen molar-refractivity contribution in [1.82, 2.24) is 19.9 Å². The molecule has 4 rings (SSSR count). The molecule has 3 aromatic rings. The second kappa shape index (κ2) is 8.81. The molecule has 0 fully saturated rings. The Hall–Kier alpha value is -3.47. The van der Waals surface area contributed by atoms with Crippen LogP contribution in [0, 0.1) is 10.1 Å². The molecule has 0 unspecified atom stereocenters. The van der Waals surface area contributed by atoms with Gasteiger partial charge in [-0.15, -0.1) is 5.10 Å². The molecule has 172 valence electrons. The third-order valence-corrected chi connectivity index (χ3v) is 6.94. The quantitative estimate of drug-likeness (QED) is 0.197. The normalized spacial score (nSPS) is 13.7. The molecule has 2 heterocycles. The van der Waals surface area contributed by atoms with Gasteiger partial charge < -0.3 is 9.05 Å². The van der Waals surface area contributed by atoms with Gasteiger partial charge >= 0.3 is 7.60 Å². The van der Waals surface area contributed by atoms with E-state index in [-0.39, 0.29) is 48.6 Å². The zero-order valence-electron chi connectivity index (χ0n) is 17.8. The van der Waals surface area contributed by atoms with E-state index >= 15 is 0 Å². The molecule has 0 saturated carbocycles. The van der Waals surface area contributed by atoms with Crippen LogP contribution in [0.2, 0.25) is 0 Å². The fourth-order valence-electron chi connectivity index (χ4n) is 3.72. The minimum absolute atomic E-state index is 0.0685. The van der Waals surface area contributed by atoms with Crippen molar-refractivity contribution in [2.45, 2.75) is 26.7 Å². The molecule has 1 aliphatic heterocycles. The van der Waals surface area contributed by atoms with Crippen molar-refractivity contribution in [1.29, 1.82) is 0 Å². The number of hydrogen-bond donors (Lipinski definition) is 0. The van der Waals surface area contributed by atoms with E-state index in [0.29, 0.717) is 10.8 Å². The number of nitrogens with zero attached hydrogens (tertiary/aromatic N) is 5. The van der Waals surface area contributed by atoms with E-state index in [1.54, 1.807) is 32.0 Å². The van der Waals surface area contributed by atoms with Crippen molar-refractivity contribution < 1.29 is 28.1 Å². The molecule has 1 aromatic heterocycles. The van der Waals surface area contributed by atoms with Crippen molar-refractivity contribution >= 4 is 35.9 Å². The van der Waals surface area contributed by atoms with Crippen molar-refractivity contribution in [2.24, 2.45) is 0 Å². The van der Waals surface area contributed by atoms with E-state index in [4.69, 9.17) is 9.05 Å². The first kappa shape index (κ1) is 22.7. The Morgan fingerprint density at radius 1 is 1.09 bits per heavy atom. The van der Waals surface area contributed by atoms with Crippen LogP contribution < -0.4 is 0 Å². The van der Waals surface area contributed by atoms with Crippen LogP contribution in [0.5, 0.6) is 0 Å². The molecule has 0 aliphatic carbocycles. The Labute approximate surface area is 187 Å². The predicted octanol–water partition coefficient (Wildman–Crippen LogP) is 3.36. The summed E-state index contributed by atoms with van der Waals surface area (Å²) in [5.41, 5.74) is 0.351. The van der Waals surface area contributed by atoms with Gasteiger partial charge in [-0.05, 0) is 25.3 Å². The molecule has 0 bridgehead atoms. The standard InChI is InChI=1S/C20H20N5O7P/c1-3-31-33(30,32-4-2)12-23-10-14(21-22-23)11-24-19(26)16-7-5-6-13-8-15(25(28)29)9-17(18(13)16)20(24)27/h5-10H,3-4,11-12H2,1-2H3. The SMILES string of the molecule is CCOP(=O)(Cn1cc(CN2C(=O)c3cccc4cc([N+](=O)[O-])cc(c34)C2=O)nn1)OCC. The Kier molecular flexibility index (Phi) is 6.07. The molecule has 0 spiro atoms. The van der Waals surface area contributed by atoms with Crippen LogP contribution in [0.25, 0.3) is 10.8 Å². The van der Waals surface area contributed by atoms with Crippen LogP contribution in [0.15, 0.2) is 36.5 Å². The number of carbonyl (C=O) groups excluding carboxylic acids is 2. The maximum absolute atomic E-state index is 13.1. The molecule has 0 radical (unpaired) electrons. The zero-order valence-corrected chi connectivity index (χ0v) is 18.7. The zero-order chi connectivity index (χ0) is 23.8. The average Bonchev–Trinajstić information content (AvgIpc) is 3.21. The van der Waals surface area contributed by atoms with Crippen molar-refractivity contribution in [3.05, 3.63) is 63.5 Å². The summed E-state index contributed by atoms with van der Waals surface area (Å²) in [5.74, 6) is -1.22. The third-order valence-electron chi connectivity index (χ3n) is 5.00. The van der Waals surface area contributed by atoms with Crippen LogP contribution in [-0.2, 0) is 26.4 Å². The highest BCUT2D eigenvalue weighted by Gasteiger charge is 2.35. The molecule has 2 aromatic carbocycles. The molecule has 0 saturated heterocycles. The average molecular weight is 473 g/mol. The fraction of sp³-hybridized carbons (Fsp3) is 0.300. The van der Waals surface area contributed by atoms with Gasteiger partial charge in [0.2, 0.25) is 0 Å². The van der Waals surface area contributed by atoms with Crippen LogP contribution >= 0.6 is 7.60 Å². The summed E-state index contributed by atoms with van der Waals surface area (Å²) in [6, 6.07) is 7.29. The summed E-state index contributed by atoms with van der Waals surface area (Å²) in [6.07, 6.45) is 1.26. The first-order chi connectivity index (χ1) is 15.8. The summed E-state index contributed by atoms with van der Waals surface area (Å²) in [6.45, 7) is 3.53. The third kappa shape index (κ3) is 4.28. The second-order valence-corrected chi connectivity index (χ2v) is 9.21. The minimum Gasteiger partial charge on any atom is -0.308 e. The number of carbonyl (C=O) groups is 2. The van der Waals surface area contributed by atoms with E-state index in [1.165, 1.54) is 23.0 Å². The lowest BCUT2D eigenvalue weighted by Gasteiger charge is -2.26. The van der Waals surface area contributed by atoms with E-state index in [9.17, 15) is 24.3 Å². The fourth-order valence-corrected chi connectivity index (χ4v) is 5.24. The summed E-state index contributed by atoms with van der Waals surface area (Å²) in [5, 5.41) is 20.0. The topological polar surface area (TPSA) is 147 Å². The van der Waals surface area contributed by atoms with Crippen molar-refractivity contribution in [3.63, 3.8) is 0 Å². The number of aromatic nitrogens is 3. The van der Waals surface area contributed by atoms with Gasteiger partial charge in [0.05, 0.1) is 36.4 Å². The highest BCUT2D eigenvalue weighted by atomic mass is 31.2. The molecule has 12 nitrogen and oxygen atoms in total. The maximum Gasteiger partial charge on any atom is 0.351 e. The van der Waals surface area contributed by atoms with Crippen LogP contribution in [-0.4, -0.2) is 49.8 Å². The molecular weight excluding hydrogens is 453 g/mol. The van der Waals surface area contributed by atoms with E-state index in [0.717, 1.165) is 4.90 Å². The van der Waals surface area contributed by atoms with E-state index in [1.807, 2.05) is 0 Å². The lowest BCUT2D eigenvalue weighted by Crippen LogP contribution is -2.39. The van der Waals surface area contributed by atoms with Crippen LogP contribution in [0.1, 0.15) is 40.3 Å². The summed E-state index contributed by atoms with van der Waals surface area (Å²) >= 11 is 0. The lowest BCUT2D eigenvalue weighted by atomic mass is 9.93. The van der Waals surface area contributed by atoms with Crippen LogP contribution in [0.4, 0.5) is 5.69 Å². The summed E-state index contributed by atoms with van der Waals surface area (Å²) in [4.78, 5) is 37.9. The first-order valence-electron chi connectivity index (χ1n) is 10.1. The van der Waals surface area contributed by atoms with Gasteiger partial charge in [-0.3, -0.25) is 29.2 Å². The molecule has 1 aliphatic rings. The number of nitro groups is 1. The Bertz CT molecular complexity index is 1310. The molecule has 0 N–H and O–H groups in total. The molecule has 33 heavy (non-hydrogen) atoms. The minimum atomic E-state index is -3.43. The maximum atomic E-state index is 13.1. The van der Waals surface area contributed by atoms with Gasteiger partial charge in [-0.25, -0.2) is 4.68 Å². The van der Waals surface area contributed by atoms with Crippen molar-refractivity contribution in [3.8, 4) is 0 Å². The van der Waals surface area contributed by atoms with E-state index < -0.39 is 24.3 Å². The Balaban J connectivity index is 1.64. The number of benzene rings is 2. The molecule has 0 atom stereocenters. The monoisotopic (exact) mass is 473 g/mol. The van der Waals surface area contributed by atoms with Crippen LogP contribution in [0.3, 0.4) is 0 Å². The van der Waals surface area contributed by atoms with Gasteiger partial charge in [0.15, 0.2) is 0 Å². The van der Waals surface area contributed by atoms with Gasteiger partial charge in [0.1, 0.15) is 12.0 Å².